The Bertz CT molecular complexity index is 716. The van der Waals surface area contributed by atoms with Gasteiger partial charge in [0.05, 0.1) is 21.3 Å². The summed E-state index contributed by atoms with van der Waals surface area (Å²) in [6.07, 6.45) is 0.619. The van der Waals surface area contributed by atoms with Gasteiger partial charge in [0.2, 0.25) is 0 Å². The van der Waals surface area contributed by atoms with Crippen LogP contribution in [0.3, 0.4) is 0 Å². The van der Waals surface area contributed by atoms with Crippen molar-refractivity contribution in [2.75, 3.05) is 34.4 Å². The molecule has 5 heteroatoms. The SMILES string of the molecule is COc1ccc(C2CNCCc3c2cc(OC)c(OC)c3F)cc1. The zero-order valence-corrected chi connectivity index (χ0v) is 14.2. The van der Waals surface area contributed by atoms with Gasteiger partial charge in [0.25, 0.3) is 0 Å². The lowest BCUT2D eigenvalue weighted by Gasteiger charge is -2.21. The van der Waals surface area contributed by atoms with Crippen molar-refractivity contribution in [2.24, 2.45) is 0 Å². The van der Waals surface area contributed by atoms with E-state index in [0.29, 0.717) is 17.7 Å². The average Bonchev–Trinajstić information content (AvgIpc) is 2.84. The lowest BCUT2D eigenvalue weighted by Crippen LogP contribution is -2.20. The number of fused-ring (bicyclic) bond motifs is 1. The summed E-state index contributed by atoms with van der Waals surface area (Å²) in [6.45, 7) is 1.47. The molecule has 0 radical (unpaired) electrons. The van der Waals surface area contributed by atoms with E-state index in [0.717, 1.165) is 30.0 Å². The number of rotatable bonds is 4. The highest BCUT2D eigenvalue weighted by Crippen LogP contribution is 2.40. The summed E-state index contributed by atoms with van der Waals surface area (Å²) in [5.74, 6) is 1.12. The molecule has 2 aromatic rings. The number of ether oxygens (including phenoxy) is 3. The molecule has 0 aromatic heterocycles. The summed E-state index contributed by atoms with van der Waals surface area (Å²) in [4.78, 5) is 0. The van der Waals surface area contributed by atoms with Crippen LogP contribution in [0.5, 0.6) is 17.2 Å². The molecule has 1 N–H and O–H groups in total. The number of hydrogen-bond donors (Lipinski definition) is 1. The van der Waals surface area contributed by atoms with Crippen molar-refractivity contribution in [3.05, 3.63) is 52.8 Å². The third-order valence-electron chi connectivity index (χ3n) is 4.54. The highest BCUT2D eigenvalue weighted by molar-refractivity contribution is 5.53. The molecule has 0 aliphatic carbocycles. The van der Waals surface area contributed by atoms with Crippen molar-refractivity contribution in [1.29, 1.82) is 0 Å². The second-order valence-electron chi connectivity index (χ2n) is 5.77. The fraction of sp³-hybridized carbons (Fsp3) is 0.368. The second-order valence-corrected chi connectivity index (χ2v) is 5.77. The predicted octanol–water partition coefficient (Wildman–Crippen LogP) is 3.13. The van der Waals surface area contributed by atoms with Crippen LogP contribution < -0.4 is 19.5 Å². The zero-order valence-electron chi connectivity index (χ0n) is 14.2. The molecule has 1 aliphatic rings. The van der Waals surface area contributed by atoms with E-state index in [1.54, 1.807) is 7.11 Å². The van der Waals surface area contributed by atoms with E-state index >= 15 is 0 Å². The van der Waals surface area contributed by atoms with Gasteiger partial charge in [0, 0.05) is 12.5 Å². The average molecular weight is 331 g/mol. The van der Waals surface area contributed by atoms with Crippen LogP contribution >= 0.6 is 0 Å². The van der Waals surface area contributed by atoms with Gasteiger partial charge in [0.1, 0.15) is 5.75 Å². The van der Waals surface area contributed by atoms with Crippen LogP contribution in [0.4, 0.5) is 4.39 Å². The molecule has 1 heterocycles. The van der Waals surface area contributed by atoms with E-state index in [4.69, 9.17) is 14.2 Å². The van der Waals surface area contributed by atoms with Crippen molar-refractivity contribution in [1.82, 2.24) is 5.32 Å². The van der Waals surface area contributed by atoms with Gasteiger partial charge in [-0.2, -0.15) is 0 Å². The number of halogens is 1. The van der Waals surface area contributed by atoms with E-state index in [9.17, 15) is 4.39 Å². The smallest absolute Gasteiger partial charge is 0.197 e. The Morgan fingerprint density at radius 1 is 1.04 bits per heavy atom. The van der Waals surface area contributed by atoms with Crippen molar-refractivity contribution >= 4 is 0 Å². The third-order valence-corrected chi connectivity index (χ3v) is 4.54. The normalized spacial score (nSPS) is 16.9. The molecule has 2 aromatic carbocycles. The van der Waals surface area contributed by atoms with E-state index in [2.05, 4.69) is 5.32 Å². The molecule has 0 fully saturated rings. The van der Waals surface area contributed by atoms with Crippen LogP contribution in [-0.2, 0) is 6.42 Å². The van der Waals surface area contributed by atoms with Gasteiger partial charge < -0.3 is 19.5 Å². The summed E-state index contributed by atoms with van der Waals surface area (Å²) in [7, 11) is 4.63. The van der Waals surface area contributed by atoms with E-state index < -0.39 is 0 Å². The van der Waals surface area contributed by atoms with Crippen LogP contribution in [0.15, 0.2) is 30.3 Å². The first-order valence-corrected chi connectivity index (χ1v) is 7.97. The van der Waals surface area contributed by atoms with E-state index in [1.165, 1.54) is 14.2 Å². The molecule has 0 amide bonds. The first-order valence-electron chi connectivity index (χ1n) is 7.97. The summed E-state index contributed by atoms with van der Waals surface area (Å²) >= 11 is 0. The van der Waals surface area contributed by atoms with Crippen LogP contribution in [-0.4, -0.2) is 34.4 Å². The maximum Gasteiger partial charge on any atom is 0.197 e. The monoisotopic (exact) mass is 331 g/mol. The number of hydrogen-bond acceptors (Lipinski definition) is 4. The van der Waals surface area contributed by atoms with Gasteiger partial charge in [-0.1, -0.05) is 12.1 Å². The lowest BCUT2D eigenvalue weighted by molar-refractivity contribution is 0.335. The van der Waals surface area contributed by atoms with Gasteiger partial charge in [0.15, 0.2) is 17.3 Å². The predicted molar refractivity (Wildman–Crippen MR) is 90.9 cm³/mol. The standard InChI is InChI=1S/C19H22FNO3/c1-22-13-6-4-12(5-7-13)16-11-21-9-8-14-15(16)10-17(23-2)19(24-3)18(14)20/h4-7,10,16,21H,8-9,11H2,1-3H3. The molecule has 24 heavy (non-hydrogen) atoms. The summed E-state index contributed by atoms with van der Waals surface area (Å²) in [6, 6.07) is 9.80. The molecule has 0 saturated heterocycles. The summed E-state index contributed by atoms with van der Waals surface area (Å²) in [5.41, 5.74) is 2.75. The zero-order chi connectivity index (χ0) is 17.1. The van der Waals surface area contributed by atoms with Crippen molar-refractivity contribution < 1.29 is 18.6 Å². The van der Waals surface area contributed by atoms with Crippen LogP contribution in [0, 0.1) is 5.82 Å². The third kappa shape index (κ3) is 2.91. The number of nitrogens with one attached hydrogen (secondary N) is 1. The van der Waals surface area contributed by atoms with E-state index in [-0.39, 0.29) is 17.5 Å². The van der Waals surface area contributed by atoms with Gasteiger partial charge in [-0.05, 0) is 47.9 Å². The molecule has 128 valence electrons. The molecule has 1 unspecified atom stereocenters. The molecular formula is C19H22FNO3. The van der Waals surface area contributed by atoms with Gasteiger partial charge >= 0.3 is 0 Å². The second kappa shape index (κ2) is 7.09. The van der Waals surface area contributed by atoms with Crippen molar-refractivity contribution in [3.63, 3.8) is 0 Å². The molecule has 0 spiro atoms. The van der Waals surface area contributed by atoms with Gasteiger partial charge in [-0.15, -0.1) is 0 Å². The van der Waals surface area contributed by atoms with E-state index in [1.807, 2.05) is 30.3 Å². The van der Waals surface area contributed by atoms with Gasteiger partial charge in [-0.3, -0.25) is 0 Å². The minimum atomic E-state index is -0.325. The Hall–Kier alpha value is -2.27. The van der Waals surface area contributed by atoms with Crippen molar-refractivity contribution in [2.45, 2.75) is 12.3 Å². The Labute approximate surface area is 141 Å². The fourth-order valence-corrected chi connectivity index (χ4v) is 3.28. The first kappa shape index (κ1) is 16.6. The topological polar surface area (TPSA) is 39.7 Å². The van der Waals surface area contributed by atoms with Gasteiger partial charge in [-0.25, -0.2) is 4.39 Å². The molecule has 1 aliphatic heterocycles. The Balaban J connectivity index is 2.12. The van der Waals surface area contributed by atoms with Crippen LogP contribution in [0.1, 0.15) is 22.6 Å². The largest absolute Gasteiger partial charge is 0.497 e. The Kier molecular flexibility index (Phi) is 4.90. The molecular weight excluding hydrogens is 309 g/mol. The number of methoxy groups -OCH3 is 3. The molecule has 1 atom stereocenters. The minimum Gasteiger partial charge on any atom is -0.497 e. The van der Waals surface area contributed by atoms with Crippen molar-refractivity contribution in [3.8, 4) is 17.2 Å². The fourth-order valence-electron chi connectivity index (χ4n) is 3.28. The highest BCUT2D eigenvalue weighted by Gasteiger charge is 2.27. The van der Waals surface area contributed by atoms with Crippen LogP contribution in [0.2, 0.25) is 0 Å². The Morgan fingerprint density at radius 2 is 1.79 bits per heavy atom. The summed E-state index contributed by atoms with van der Waals surface area (Å²) in [5, 5.41) is 3.39. The quantitative estimate of drug-likeness (QED) is 0.934. The maximum atomic E-state index is 14.9. The molecule has 0 bridgehead atoms. The minimum absolute atomic E-state index is 0.0442. The lowest BCUT2D eigenvalue weighted by atomic mass is 9.87. The Morgan fingerprint density at radius 3 is 2.42 bits per heavy atom. The summed E-state index contributed by atoms with van der Waals surface area (Å²) < 4.78 is 30.7. The molecule has 0 saturated carbocycles. The molecule has 4 nitrogen and oxygen atoms in total. The van der Waals surface area contributed by atoms with Crippen LogP contribution in [0.25, 0.3) is 0 Å². The first-order chi connectivity index (χ1) is 11.7. The molecule has 3 rings (SSSR count). The highest BCUT2D eigenvalue weighted by atomic mass is 19.1. The maximum absolute atomic E-state index is 14.9. The number of benzene rings is 2.